The molecule has 0 aromatic carbocycles. The molecule has 6 heteroatoms. The second-order valence-corrected chi connectivity index (χ2v) is 4.83. The summed E-state index contributed by atoms with van der Waals surface area (Å²) in [5.41, 5.74) is 2.00. The summed E-state index contributed by atoms with van der Waals surface area (Å²) in [5.74, 6) is -0.222. The Bertz CT molecular complexity index is 696. The number of hydrogen-bond donors (Lipinski definition) is 1. The number of aromatic nitrogens is 3. The molecule has 5 nitrogen and oxygen atoms in total. The van der Waals surface area contributed by atoms with Crippen LogP contribution in [-0.2, 0) is 0 Å². The van der Waals surface area contributed by atoms with Gasteiger partial charge in [-0.05, 0) is 24.3 Å². The van der Waals surface area contributed by atoms with E-state index in [0.29, 0.717) is 10.7 Å². The molecule has 3 heterocycles. The maximum atomic E-state index is 12.0. The Morgan fingerprint density at radius 3 is 2.55 bits per heavy atom. The van der Waals surface area contributed by atoms with Crippen molar-refractivity contribution in [2.45, 2.75) is 0 Å². The fourth-order valence-electron chi connectivity index (χ4n) is 1.65. The first-order valence-corrected chi connectivity index (χ1v) is 6.79. The van der Waals surface area contributed by atoms with E-state index in [1.54, 1.807) is 29.9 Å². The molecule has 1 amide bonds. The molecule has 98 valence electrons. The fourth-order valence-corrected chi connectivity index (χ4v) is 2.17. The molecule has 0 aliphatic heterocycles. The van der Waals surface area contributed by atoms with E-state index in [4.69, 9.17) is 0 Å². The zero-order chi connectivity index (χ0) is 13.8. The van der Waals surface area contributed by atoms with Gasteiger partial charge in [0, 0.05) is 24.0 Å². The fraction of sp³-hybridized carbons (Fsp3) is 0. The monoisotopic (exact) mass is 282 g/mol. The van der Waals surface area contributed by atoms with Crippen molar-refractivity contribution in [1.82, 2.24) is 15.0 Å². The van der Waals surface area contributed by atoms with Gasteiger partial charge in [0.2, 0.25) is 0 Å². The van der Waals surface area contributed by atoms with Gasteiger partial charge in [0.1, 0.15) is 0 Å². The molecule has 0 unspecified atom stereocenters. The smallest absolute Gasteiger partial charge is 0.259 e. The van der Waals surface area contributed by atoms with Crippen LogP contribution >= 0.6 is 11.3 Å². The third-order valence-corrected chi connectivity index (χ3v) is 3.29. The summed E-state index contributed by atoms with van der Waals surface area (Å²) in [4.78, 5) is 24.4. The Morgan fingerprint density at radius 1 is 1.00 bits per heavy atom. The second-order valence-electron chi connectivity index (χ2n) is 3.94. The summed E-state index contributed by atoms with van der Waals surface area (Å²) < 4.78 is 0. The number of pyridine rings is 2. The predicted molar refractivity (Wildman–Crippen MR) is 77.5 cm³/mol. The first-order valence-electron chi connectivity index (χ1n) is 5.91. The Balaban J connectivity index is 1.78. The molecule has 0 saturated heterocycles. The number of carbonyl (C=O) groups is 1. The summed E-state index contributed by atoms with van der Waals surface area (Å²) >= 11 is 1.37. The Hall–Kier alpha value is -2.60. The lowest BCUT2D eigenvalue weighted by Crippen LogP contribution is -2.11. The van der Waals surface area contributed by atoms with E-state index in [9.17, 15) is 4.79 Å². The van der Waals surface area contributed by atoms with Gasteiger partial charge in [0.05, 0.1) is 17.0 Å². The predicted octanol–water partition coefficient (Wildman–Crippen LogP) is 2.85. The van der Waals surface area contributed by atoms with Gasteiger partial charge in [0.15, 0.2) is 5.13 Å². The van der Waals surface area contributed by atoms with Gasteiger partial charge in [0.25, 0.3) is 5.91 Å². The minimum absolute atomic E-state index is 0.222. The first kappa shape index (κ1) is 12.4. The summed E-state index contributed by atoms with van der Waals surface area (Å²) in [6.45, 7) is 0. The Kier molecular flexibility index (Phi) is 3.47. The number of rotatable bonds is 3. The minimum Gasteiger partial charge on any atom is -0.298 e. The third kappa shape index (κ3) is 2.70. The standard InChI is InChI=1S/C14H10N4OS/c19-13(18-14-16-7-8-20-14)10-4-5-12(17-9-10)11-3-1-2-6-15-11/h1-9H,(H,16,18,19). The summed E-state index contributed by atoms with van der Waals surface area (Å²) in [6, 6.07) is 9.11. The Labute approximate surface area is 119 Å². The highest BCUT2D eigenvalue weighted by Crippen LogP contribution is 2.15. The molecule has 3 aromatic rings. The molecule has 0 fully saturated rings. The average molecular weight is 282 g/mol. The molecule has 20 heavy (non-hydrogen) atoms. The normalized spacial score (nSPS) is 10.2. The van der Waals surface area contributed by atoms with Gasteiger partial charge in [-0.2, -0.15) is 0 Å². The number of nitrogens with one attached hydrogen (secondary N) is 1. The molecule has 0 bridgehead atoms. The number of nitrogens with zero attached hydrogens (tertiary/aromatic N) is 3. The van der Waals surface area contributed by atoms with E-state index in [2.05, 4.69) is 20.3 Å². The third-order valence-electron chi connectivity index (χ3n) is 2.61. The van der Waals surface area contributed by atoms with Crippen LogP contribution in [0, 0.1) is 0 Å². The molecule has 0 aliphatic carbocycles. The lowest BCUT2D eigenvalue weighted by molar-refractivity contribution is 0.102. The van der Waals surface area contributed by atoms with E-state index >= 15 is 0 Å². The van der Waals surface area contributed by atoms with Crippen LogP contribution in [0.15, 0.2) is 54.3 Å². The summed E-state index contributed by atoms with van der Waals surface area (Å²) in [6.07, 6.45) is 4.88. The second kappa shape index (κ2) is 5.58. The quantitative estimate of drug-likeness (QED) is 0.802. The van der Waals surface area contributed by atoms with Crippen molar-refractivity contribution in [3.05, 3.63) is 59.9 Å². The van der Waals surface area contributed by atoms with Gasteiger partial charge < -0.3 is 0 Å². The van der Waals surface area contributed by atoms with Crippen molar-refractivity contribution in [2.24, 2.45) is 0 Å². The van der Waals surface area contributed by atoms with Crippen molar-refractivity contribution >= 4 is 22.4 Å². The highest BCUT2D eigenvalue weighted by molar-refractivity contribution is 7.13. The molecule has 1 N–H and O–H groups in total. The molecular weight excluding hydrogens is 272 g/mol. The van der Waals surface area contributed by atoms with Crippen LogP contribution in [0.25, 0.3) is 11.4 Å². The number of hydrogen-bond acceptors (Lipinski definition) is 5. The largest absolute Gasteiger partial charge is 0.298 e. The Morgan fingerprint density at radius 2 is 1.90 bits per heavy atom. The topological polar surface area (TPSA) is 67.8 Å². The van der Waals surface area contributed by atoms with Gasteiger partial charge in [-0.15, -0.1) is 11.3 Å². The molecule has 0 radical (unpaired) electrons. The molecule has 0 atom stereocenters. The zero-order valence-corrected chi connectivity index (χ0v) is 11.2. The van der Waals surface area contributed by atoms with Crippen molar-refractivity contribution in [1.29, 1.82) is 0 Å². The molecule has 0 spiro atoms. The number of amides is 1. The van der Waals surface area contributed by atoms with E-state index < -0.39 is 0 Å². The lowest BCUT2D eigenvalue weighted by Gasteiger charge is -2.03. The first-order chi connectivity index (χ1) is 9.83. The van der Waals surface area contributed by atoms with E-state index in [-0.39, 0.29) is 5.91 Å². The van der Waals surface area contributed by atoms with Crippen LogP contribution in [0.3, 0.4) is 0 Å². The van der Waals surface area contributed by atoms with Crippen LogP contribution in [0.5, 0.6) is 0 Å². The van der Waals surface area contributed by atoms with Crippen molar-refractivity contribution in [3.8, 4) is 11.4 Å². The molecule has 3 rings (SSSR count). The number of thiazole rings is 1. The molecule has 0 saturated carbocycles. The molecule has 0 aliphatic rings. The van der Waals surface area contributed by atoms with Gasteiger partial charge >= 0.3 is 0 Å². The summed E-state index contributed by atoms with van der Waals surface area (Å²) in [7, 11) is 0. The van der Waals surface area contributed by atoms with Crippen LogP contribution in [0.1, 0.15) is 10.4 Å². The minimum atomic E-state index is -0.222. The van der Waals surface area contributed by atoms with Crippen molar-refractivity contribution < 1.29 is 4.79 Å². The zero-order valence-electron chi connectivity index (χ0n) is 10.4. The van der Waals surface area contributed by atoms with Crippen LogP contribution in [-0.4, -0.2) is 20.9 Å². The number of anilines is 1. The lowest BCUT2D eigenvalue weighted by atomic mass is 10.2. The SMILES string of the molecule is O=C(Nc1nccs1)c1ccc(-c2ccccn2)nc1. The van der Waals surface area contributed by atoms with Gasteiger partial charge in [-0.3, -0.25) is 20.1 Å². The molecule has 3 aromatic heterocycles. The van der Waals surface area contributed by atoms with Gasteiger partial charge in [-0.25, -0.2) is 4.98 Å². The van der Waals surface area contributed by atoms with E-state index in [0.717, 1.165) is 11.4 Å². The van der Waals surface area contributed by atoms with Crippen molar-refractivity contribution in [2.75, 3.05) is 5.32 Å². The van der Waals surface area contributed by atoms with Crippen LogP contribution in [0.2, 0.25) is 0 Å². The highest BCUT2D eigenvalue weighted by Gasteiger charge is 2.08. The summed E-state index contributed by atoms with van der Waals surface area (Å²) in [5, 5.41) is 5.09. The maximum Gasteiger partial charge on any atom is 0.259 e. The van der Waals surface area contributed by atoms with Crippen LogP contribution in [0.4, 0.5) is 5.13 Å². The number of carbonyl (C=O) groups excluding carboxylic acids is 1. The van der Waals surface area contributed by atoms with E-state index in [1.807, 2.05) is 18.2 Å². The maximum absolute atomic E-state index is 12.0. The van der Waals surface area contributed by atoms with Crippen molar-refractivity contribution in [3.63, 3.8) is 0 Å². The highest BCUT2D eigenvalue weighted by atomic mass is 32.1. The molecular formula is C14H10N4OS. The van der Waals surface area contributed by atoms with E-state index in [1.165, 1.54) is 17.5 Å². The van der Waals surface area contributed by atoms with Gasteiger partial charge in [-0.1, -0.05) is 6.07 Å². The average Bonchev–Trinajstić information content (AvgIpc) is 3.01. The van der Waals surface area contributed by atoms with Crippen LogP contribution < -0.4 is 5.32 Å².